The third-order valence-corrected chi connectivity index (χ3v) is 4.67. The molecular weight excluding hydrogens is 304 g/mol. The van der Waals surface area contributed by atoms with Crippen molar-refractivity contribution < 1.29 is 14.3 Å². The van der Waals surface area contributed by atoms with E-state index in [9.17, 15) is 9.59 Å². The van der Waals surface area contributed by atoms with Gasteiger partial charge in [-0.15, -0.1) is 6.42 Å². The van der Waals surface area contributed by atoms with Crippen molar-refractivity contribution in [3.63, 3.8) is 0 Å². The lowest BCUT2D eigenvalue weighted by atomic mass is 9.99. The van der Waals surface area contributed by atoms with Gasteiger partial charge in [-0.2, -0.15) is 0 Å². The molecule has 1 aromatic carbocycles. The standard InChI is InChI=1S/C19H24N2O3/c1-5-11-20(3)16-12-17(19(23)24-4)21(13-16)18(22)14(2)15-9-7-6-8-10-15/h1,6-10,14,16-17H,11-13H2,2-4H3. The Kier molecular flexibility index (Phi) is 5.99. The first kappa shape index (κ1) is 18.0. The van der Waals surface area contributed by atoms with Gasteiger partial charge in [0.1, 0.15) is 6.04 Å². The number of terminal acetylenes is 1. The van der Waals surface area contributed by atoms with Crippen LogP contribution in [0.25, 0.3) is 0 Å². The van der Waals surface area contributed by atoms with Gasteiger partial charge in [0.25, 0.3) is 0 Å². The summed E-state index contributed by atoms with van der Waals surface area (Å²) in [4.78, 5) is 28.7. The molecule has 1 amide bonds. The van der Waals surface area contributed by atoms with Crippen molar-refractivity contribution in [1.82, 2.24) is 9.80 Å². The van der Waals surface area contributed by atoms with Crippen LogP contribution in [0.1, 0.15) is 24.8 Å². The van der Waals surface area contributed by atoms with Gasteiger partial charge in [0.2, 0.25) is 5.91 Å². The van der Waals surface area contributed by atoms with E-state index in [-0.39, 0.29) is 23.8 Å². The lowest BCUT2D eigenvalue weighted by Gasteiger charge is -2.26. The van der Waals surface area contributed by atoms with E-state index in [0.717, 1.165) is 5.56 Å². The summed E-state index contributed by atoms with van der Waals surface area (Å²) >= 11 is 0. The number of carbonyl (C=O) groups is 2. The summed E-state index contributed by atoms with van der Waals surface area (Å²) in [5.74, 6) is 1.85. The minimum atomic E-state index is -0.557. The molecule has 1 aromatic rings. The van der Waals surface area contributed by atoms with Gasteiger partial charge in [-0.05, 0) is 26.0 Å². The van der Waals surface area contributed by atoms with E-state index in [2.05, 4.69) is 5.92 Å². The van der Waals surface area contributed by atoms with Gasteiger partial charge in [-0.3, -0.25) is 9.69 Å². The first-order valence-corrected chi connectivity index (χ1v) is 8.06. The minimum absolute atomic E-state index is 0.0528. The molecule has 1 heterocycles. The number of ether oxygens (including phenoxy) is 1. The number of hydrogen-bond donors (Lipinski definition) is 0. The second kappa shape index (κ2) is 7.98. The lowest BCUT2D eigenvalue weighted by Crippen LogP contribution is -2.43. The zero-order valence-electron chi connectivity index (χ0n) is 14.4. The Morgan fingerprint density at radius 3 is 2.67 bits per heavy atom. The average molecular weight is 328 g/mol. The van der Waals surface area contributed by atoms with Crippen LogP contribution in [0.5, 0.6) is 0 Å². The first-order chi connectivity index (χ1) is 11.5. The fourth-order valence-electron chi connectivity index (χ4n) is 3.14. The molecule has 3 atom stereocenters. The molecule has 0 aromatic heterocycles. The number of likely N-dealkylation sites (tertiary alicyclic amines) is 1. The lowest BCUT2D eigenvalue weighted by molar-refractivity contribution is -0.151. The molecule has 0 spiro atoms. The number of rotatable bonds is 5. The second-order valence-electron chi connectivity index (χ2n) is 6.17. The van der Waals surface area contributed by atoms with E-state index in [0.29, 0.717) is 19.5 Å². The molecule has 24 heavy (non-hydrogen) atoms. The van der Waals surface area contributed by atoms with Crippen molar-refractivity contribution in [2.24, 2.45) is 0 Å². The number of amides is 1. The van der Waals surface area contributed by atoms with Crippen molar-refractivity contribution in [3.8, 4) is 12.3 Å². The maximum atomic E-state index is 13.0. The fraction of sp³-hybridized carbons (Fsp3) is 0.474. The molecule has 0 bridgehead atoms. The van der Waals surface area contributed by atoms with Crippen LogP contribution in [0.2, 0.25) is 0 Å². The van der Waals surface area contributed by atoms with Crippen molar-refractivity contribution in [2.45, 2.75) is 31.3 Å². The SMILES string of the molecule is C#CCN(C)C1CC(C(=O)OC)N(C(=O)C(C)c2ccccc2)C1. The van der Waals surface area contributed by atoms with Gasteiger partial charge in [0.15, 0.2) is 0 Å². The Labute approximate surface area is 143 Å². The third-order valence-electron chi connectivity index (χ3n) is 4.67. The zero-order valence-corrected chi connectivity index (χ0v) is 14.4. The molecule has 128 valence electrons. The summed E-state index contributed by atoms with van der Waals surface area (Å²) in [6, 6.07) is 9.07. The van der Waals surface area contributed by atoms with Crippen molar-refractivity contribution >= 4 is 11.9 Å². The molecule has 5 heteroatoms. The van der Waals surface area contributed by atoms with Crippen LogP contribution in [-0.2, 0) is 14.3 Å². The van der Waals surface area contributed by atoms with E-state index in [1.807, 2.05) is 49.2 Å². The molecule has 3 unspecified atom stereocenters. The first-order valence-electron chi connectivity index (χ1n) is 8.06. The molecular formula is C19H24N2O3. The zero-order chi connectivity index (χ0) is 17.7. The Morgan fingerprint density at radius 2 is 2.08 bits per heavy atom. The second-order valence-corrected chi connectivity index (χ2v) is 6.17. The average Bonchev–Trinajstić information content (AvgIpc) is 3.06. The summed E-state index contributed by atoms with van der Waals surface area (Å²) in [5, 5.41) is 0. The maximum absolute atomic E-state index is 13.0. The molecule has 0 saturated carbocycles. The highest BCUT2D eigenvalue weighted by molar-refractivity contribution is 5.89. The number of methoxy groups -OCH3 is 1. The number of esters is 1. The highest BCUT2D eigenvalue weighted by Gasteiger charge is 2.42. The third kappa shape index (κ3) is 3.77. The van der Waals surface area contributed by atoms with Gasteiger partial charge in [-0.1, -0.05) is 36.3 Å². The van der Waals surface area contributed by atoms with Gasteiger partial charge in [-0.25, -0.2) is 4.79 Å². The van der Waals surface area contributed by atoms with Gasteiger partial charge in [0.05, 0.1) is 19.6 Å². The molecule has 0 radical (unpaired) electrons. The monoisotopic (exact) mass is 328 g/mol. The molecule has 0 aliphatic carbocycles. The quantitative estimate of drug-likeness (QED) is 0.607. The summed E-state index contributed by atoms with van der Waals surface area (Å²) in [5.41, 5.74) is 0.937. The van der Waals surface area contributed by atoms with E-state index >= 15 is 0 Å². The number of hydrogen-bond acceptors (Lipinski definition) is 4. The number of benzene rings is 1. The normalized spacial score (nSPS) is 21.4. The topological polar surface area (TPSA) is 49.9 Å². The van der Waals surface area contributed by atoms with Crippen LogP contribution in [0, 0.1) is 12.3 Å². The van der Waals surface area contributed by atoms with E-state index in [1.165, 1.54) is 7.11 Å². The largest absolute Gasteiger partial charge is 0.467 e. The van der Waals surface area contributed by atoms with Crippen molar-refractivity contribution in [3.05, 3.63) is 35.9 Å². The highest BCUT2D eigenvalue weighted by atomic mass is 16.5. The molecule has 1 saturated heterocycles. The Bertz CT molecular complexity index is 623. The van der Waals surface area contributed by atoms with Crippen LogP contribution in [0.3, 0.4) is 0 Å². The summed E-state index contributed by atoms with van der Waals surface area (Å²) in [6.07, 6.45) is 5.91. The molecule has 1 fully saturated rings. The fourth-order valence-corrected chi connectivity index (χ4v) is 3.14. The summed E-state index contributed by atoms with van der Waals surface area (Å²) < 4.78 is 4.90. The molecule has 1 aliphatic rings. The smallest absolute Gasteiger partial charge is 0.328 e. The summed E-state index contributed by atoms with van der Waals surface area (Å²) in [7, 11) is 3.26. The Balaban J connectivity index is 2.19. The Hall–Kier alpha value is -2.32. The van der Waals surface area contributed by atoms with Gasteiger partial charge < -0.3 is 9.64 Å². The van der Waals surface area contributed by atoms with Crippen LogP contribution >= 0.6 is 0 Å². The van der Waals surface area contributed by atoms with Crippen molar-refractivity contribution in [1.29, 1.82) is 0 Å². The Morgan fingerprint density at radius 1 is 1.42 bits per heavy atom. The van der Waals surface area contributed by atoms with E-state index in [4.69, 9.17) is 11.2 Å². The predicted octanol–water partition coefficient (Wildman–Crippen LogP) is 1.50. The molecule has 2 rings (SSSR count). The molecule has 0 N–H and O–H groups in total. The number of nitrogens with zero attached hydrogens (tertiary/aromatic N) is 2. The van der Waals surface area contributed by atoms with E-state index < -0.39 is 6.04 Å². The van der Waals surface area contributed by atoms with Crippen molar-refractivity contribution in [2.75, 3.05) is 27.2 Å². The van der Waals surface area contributed by atoms with Crippen LogP contribution in [0.4, 0.5) is 0 Å². The highest BCUT2D eigenvalue weighted by Crippen LogP contribution is 2.27. The number of likely N-dealkylation sites (N-methyl/N-ethyl adjacent to an activating group) is 1. The van der Waals surface area contributed by atoms with Crippen LogP contribution < -0.4 is 0 Å². The predicted molar refractivity (Wildman–Crippen MR) is 92.2 cm³/mol. The maximum Gasteiger partial charge on any atom is 0.328 e. The van der Waals surface area contributed by atoms with Crippen LogP contribution in [-0.4, -0.2) is 61.0 Å². The minimum Gasteiger partial charge on any atom is -0.467 e. The number of carbonyl (C=O) groups excluding carboxylic acids is 2. The van der Waals surface area contributed by atoms with Gasteiger partial charge in [0, 0.05) is 12.6 Å². The molecule has 1 aliphatic heterocycles. The van der Waals surface area contributed by atoms with E-state index in [1.54, 1.807) is 4.90 Å². The van der Waals surface area contributed by atoms with Crippen LogP contribution in [0.15, 0.2) is 30.3 Å². The summed E-state index contributed by atoms with van der Waals surface area (Å²) in [6.45, 7) is 2.83. The molecule has 5 nitrogen and oxygen atoms in total. The van der Waals surface area contributed by atoms with Gasteiger partial charge >= 0.3 is 5.97 Å².